The summed E-state index contributed by atoms with van der Waals surface area (Å²) < 4.78 is 10.9. The first-order chi connectivity index (χ1) is 10.0. The second-order valence-corrected chi connectivity index (χ2v) is 5.53. The Bertz CT molecular complexity index is 484. The van der Waals surface area contributed by atoms with E-state index < -0.39 is 0 Å². The molecule has 0 aromatic heterocycles. The molecule has 0 aliphatic heterocycles. The van der Waals surface area contributed by atoms with E-state index in [-0.39, 0.29) is 0 Å². The van der Waals surface area contributed by atoms with Gasteiger partial charge in [0.15, 0.2) is 11.5 Å². The molecule has 1 aromatic rings. The molecular formula is C17H26ClNO2. The first-order valence-corrected chi connectivity index (χ1v) is 7.82. The van der Waals surface area contributed by atoms with Gasteiger partial charge in [0.1, 0.15) is 0 Å². The largest absolute Gasteiger partial charge is 0.493 e. The van der Waals surface area contributed by atoms with Crippen LogP contribution in [0.1, 0.15) is 33.3 Å². The van der Waals surface area contributed by atoms with Crippen LogP contribution >= 0.6 is 11.6 Å². The summed E-state index contributed by atoms with van der Waals surface area (Å²) in [7, 11) is 1.63. The third-order valence-corrected chi connectivity index (χ3v) is 3.49. The number of methoxy groups -OCH3 is 1. The number of halogens is 1. The van der Waals surface area contributed by atoms with Gasteiger partial charge in [-0.25, -0.2) is 0 Å². The molecule has 0 aliphatic rings. The summed E-state index contributed by atoms with van der Waals surface area (Å²) in [5.41, 5.74) is 2.36. The zero-order valence-corrected chi connectivity index (χ0v) is 14.4. The molecule has 0 aliphatic carbocycles. The van der Waals surface area contributed by atoms with E-state index in [2.05, 4.69) is 32.2 Å². The van der Waals surface area contributed by atoms with Gasteiger partial charge >= 0.3 is 0 Å². The summed E-state index contributed by atoms with van der Waals surface area (Å²) in [6.07, 6.45) is 2.16. The Morgan fingerprint density at radius 1 is 1.33 bits per heavy atom. The molecule has 0 fully saturated rings. The van der Waals surface area contributed by atoms with Crippen LogP contribution in [-0.2, 0) is 0 Å². The zero-order chi connectivity index (χ0) is 15.8. The minimum atomic E-state index is 0.473. The first-order valence-electron chi connectivity index (χ1n) is 7.44. The van der Waals surface area contributed by atoms with E-state index in [1.807, 2.05) is 19.1 Å². The van der Waals surface area contributed by atoms with Crippen LogP contribution in [0.4, 0.5) is 0 Å². The predicted octanol–water partition coefficient (Wildman–Crippen LogP) is 4.40. The van der Waals surface area contributed by atoms with E-state index in [0.717, 1.165) is 18.7 Å². The van der Waals surface area contributed by atoms with Crippen LogP contribution in [0.15, 0.2) is 17.7 Å². The lowest BCUT2D eigenvalue weighted by Gasteiger charge is -2.15. The lowest BCUT2D eigenvalue weighted by atomic mass is 10.00. The number of benzene rings is 1. The van der Waals surface area contributed by atoms with Gasteiger partial charge in [-0.2, -0.15) is 0 Å². The molecule has 0 spiro atoms. The molecule has 0 unspecified atom stereocenters. The molecule has 118 valence electrons. The minimum Gasteiger partial charge on any atom is -0.493 e. The summed E-state index contributed by atoms with van der Waals surface area (Å²) in [6, 6.07) is 3.88. The number of nitrogens with one attached hydrogen (secondary N) is 1. The van der Waals surface area contributed by atoms with Crippen molar-refractivity contribution in [3.63, 3.8) is 0 Å². The van der Waals surface area contributed by atoms with Crippen LogP contribution in [0.25, 0.3) is 6.08 Å². The highest BCUT2D eigenvalue weighted by Crippen LogP contribution is 2.37. The molecule has 0 saturated heterocycles. The van der Waals surface area contributed by atoms with E-state index in [1.165, 1.54) is 5.57 Å². The molecule has 0 atom stereocenters. The molecule has 0 saturated carbocycles. The summed E-state index contributed by atoms with van der Waals surface area (Å²) in [5.74, 6) is 1.75. The van der Waals surface area contributed by atoms with Crippen molar-refractivity contribution >= 4 is 17.7 Å². The molecular weight excluding hydrogens is 286 g/mol. The van der Waals surface area contributed by atoms with Crippen LogP contribution in [-0.4, -0.2) is 26.8 Å². The zero-order valence-electron chi connectivity index (χ0n) is 13.6. The molecule has 4 heteroatoms. The van der Waals surface area contributed by atoms with Crippen molar-refractivity contribution in [2.45, 2.75) is 27.7 Å². The number of hydrogen-bond donors (Lipinski definition) is 1. The van der Waals surface area contributed by atoms with Crippen molar-refractivity contribution in [3.05, 3.63) is 28.3 Å². The second kappa shape index (κ2) is 8.96. The van der Waals surface area contributed by atoms with Gasteiger partial charge in [-0.15, -0.1) is 0 Å². The average Bonchev–Trinajstić information content (AvgIpc) is 2.45. The molecule has 21 heavy (non-hydrogen) atoms. The first kappa shape index (κ1) is 17.9. The minimum absolute atomic E-state index is 0.473. The topological polar surface area (TPSA) is 30.5 Å². The average molecular weight is 312 g/mol. The Kier molecular flexibility index (Phi) is 7.62. The van der Waals surface area contributed by atoms with E-state index >= 15 is 0 Å². The number of rotatable bonds is 8. The number of likely N-dealkylation sites (N-methyl/N-ethyl adjacent to an activating group) is 1. The van der Waals surface area contributed by atoms with Crippen LogP contribution in [0.5, 0.6) is 11.5 Å². The van der Waals surface area contributed by atoms with Crippen molar-refractivity contribution in [2.24, 2.45) is 5.92 Å². The normalized spacial score (nSPS) is 11.9. The Morgan fingerprint density at radius 3 is 2.57 bits per heavy atom. The van der Waals surface area contributed by atoms with E-state index in [9.17, 15) is 0 Å². The molecule has 3 nitrogen and oxygen atoms in total. The highest BCUT2D eigenvalue weighted by atomic mass is 35.5. The lowest BCUT2D eigenvalue weighted by Crippen LogP contribution is -2.18. The SMILES string of the molecule is CCNCC(=Cc1cc(Cl)c(OCC)c(OC)c1)C(C)C. The highest BCUT2D eigenvalue weighted by molar-refractivity contribution is 6.32. The third-order valence-electron chi connectivity index (χ3n) is 3.21. The van der Waals surface area contributed by atoms with Gasteiger partial charge in [0.2, 0.25) is 0 Å². The third kappa shape index (κ3) is 5.25. The summed E-state index contributed by atoms with van der Waals surface area (Å²) in [4.78, 5) is 0. The Hall–Kier alpha value is -1.19. The van der Waals surface area contributed by atoms with Crippen LogP contribution in [0.2, 0.25) is 5.02 Å². The van der Waals surface area contributed by atoms with Gasteiger partial charge in [0.25, 0.3) is 0 Å². The van der Waals surface area contributed by atoms with Gasteiger partial charge in [-0.3, -0.25) is 0 Å². The molecule has 0 amide bonds. The van der Waals surface area contributed by atoms with Crippen molar-refractivity contribution in [1.82, 2.24) is 5.32 Å². The Labute approximate surface area is 133 Å². The lowest BCUT2D eigenvalue weighted by molar-refractivity contribution is 0.311. The van der Waals surface area contributed by atoms with Gasteiger partial charge < -0.3 is 14.8 Å². The quantitative estimate of drug-likeness (QED) is 0.772. The number of hydrogen-bond acceptors (Lipinski definition) is 3. The van der Waals surface area contributed by atoms with E-state index in [4.69, 9.17) is 21.1 Å². The van der Waals surface area contributed by atoms with Crippen molar-refractivity contribution in [2.75, 3.05) is 26.8 Å². The maximum Gasteiger partial charge on any atom is 0.179 e. The molecule has 0 radical (unpaired) electrons. The predicted molar refractivity (Wildman–Crippen MR) is 90.5 cm³/mol. The maximum atomic E-state index is 6.31. The highest BCUT2D eigenvalue weighted by Gasteiger charge is 2.12. The van der Waals surface area contributed by atoms with E-state index in [0.29, 0.717) is 29.0 Å². The molecule has 1 aromatic carbocycles. The van der Waals surface area contributed by atoms with Crippen LogP contribution < -0.4 is 14.8 Å². The van der Waals surface area contributed by atoms with Gasteiger partial charge in [-0.05, 0) is 37.1 Å². The second-order valence-electron chi connectivity index (χ2n) is 5.12. The molecule has 1 N–H and O–H groups in total. The van der Waals surface area contributed by atoms with Crippen LogP contribution in [0, 0.1) is 5.92 Å². The van der Waals surface area contributed by atoms with Gasteiger partial charge in [-0.1, -0.05) is 44.0 Å². The summed E-state index contributed by atoms with van der Waals surface area (Å²) >= 11 is 6.31. The monoisotopic (exact) mass is 311 g/mol. The van der Waals surface area contributed by atoms with E-state index in [1.54, 1.807) is 7.11 Å². The smallest absolute Gasteiger partial charge is 0.179 e. The molecule has 0 heterocycles. The maximum absolute atomic E-state index is 6.31. The van der Waals surface area contributed by atoms with Crippen molar-refractivity contribution < 1.29 is 9.47 Å². The summed E-state index contributed by atoms with van der Waals surface area (Å²) in [6.45, 7) is 10.8. The molecule has 0 bridgehead atoms. The van der Waals surface area contributed by atoms with Gasteiger partial charge in [0.05, 0.1) is 18.7 Å². The standard InChI is InChI=1S/C17H26ClNO2/c1-6-19-11-14(12(3)4)8-13-9-15(18)17(21-7-2)16(10-13)20-5/h8-10,12,19H,6-7,11H2,1-5H3. The van der Waals surface area contributed by atoms with Crippen LogP contribution in [0.3, 0.4) is 0 Å². The fourth-order valence-electron chi connectivity index (χ4n) is 2.01. The fraction of sp³-hybridized carbons (Fsp3) is 0.529. The van der Waals surface area contributed by atoms with Crippen molar-refractivity contribution in [1.29, 1.82) is 0 Å². The van der Waals surface area contributed by atoms with Crippen molar-refractivity contribution in [3.8, 4) is 11.5 Å². The van der Waals surface area contributed by atoms with Gasteiger partial charge in [0, 0.05) is 6.54 Å². The Morgan fingerprint density at radius 2 is 2.05 bits per heavy atom. The Balaban J connectivity index is 3.14. The fourth-order valence-corrected chi connectivity index (χ4v) is 2.29. The molecule has 1 rings (SSSR count). The number of ether oxygens (including phenoxy) is 2. The summed E-state index contributed by atoms with van der Waals surface area (Å²) in [5, 5.41) is 3.95.